The molecule has 1 atom stereocenters. The zero-order chi connectivity index (χ0) is 9.38. The van der Waals surface area contributed by atoms with Gasteiger partial charge in [0.25, 0.3) is 0 Å². The zero-order valence-corrected chi connectivity index (χ0v) is 9.04. The Balaban J connectivity index is 1.43. The SMILES string of the molecule is C(CC1CC1)NC1CN2CCC1CC2. The molecule has 80 valence electrons. The molecule has 1 N–H and O–H groups in total. The highest BCUT2D eigenvalue weighted by Crippen LogP contribution is 2.32. The Bertz CT molecular complexity index is 192. The maximum absolute atomic E-state index is 3.78. The molecule has 3 heterocycles. The lowest BCUT2D eigenvalue weighted by molar-refractivity contribution is 0.0726. The van der Waals surface area contributed by atoms with Gasteiger partial charge in [0.1, 0.15) is 0 Å². The van der Waals surface area contributed by atoms with Crippen LogP contribution < -0.4 is 5.32 Å². The van der Waals surface area contributed by atoms with E-state index in [1.54, 1.807) is 0 Å². The summed E-state index contributed by atoms with van der Waals surface area (Å²) in [6, 6.07) is 0.830. The summed E-state index contributed by atoms with van der Waals surface area (Å²) in [6.07, 6.45) is 7.33. The van der Waals surface area contributed by atoms with E-state index in [0.29, 0.717) is 0 Å². The van der Waals surface area contributed by atoms with Crippen molar-refractivity contribution >= 4 is 0 Å². The fraction of sp³-hybridized carbons (Fsp3) is 1.00. The summed E-state index contributed by atoms with van der Waals surface area (Å²) in [5.74, 6) is 2.09. The van der Waals surface area contributed by atoms with Gasteiger partial charge in [-0.05, 0) is 50.7 Å². The van der Waals surface area contributed by atoms with E-state index in [0.717, 1.165) is 17.9 Å². The molecule has 3 saturated heterocycles. The van der Waals surface area contributed by atoms with Crippen LogP contribution in [0.25, 0.3) is 0 Å². The van der Waals surface area contributed by atoms with E-state index in [2.05, 4.69) is 10.2 Å². The Labute approximate surface area is 87.0 Å². The second kappa shape index (κ2) is 3.82. The van der Waals surface area contributed by atoms with Crippen molar-refractivity contribution in [2.75, 3.05) is 26.2 Å². The second-order valence-electron chi connectivity index (χ2n) is 5.43. The molecule has 0 aromatic heterocycles. The number of nitrogens with zero attached hydrogens (tertiary/aromatic N) is 1. The van der Waals surface area contributed by atoms with Crippen LogP contribution in [0, 0.1) is 11.8 Å². The molecular weight excluding hydrogens is 172 g/mol. The van der Waals surface area contributed by atoms with E-state index in [4.69, 9.17) is 0 Å². The summed E-state index contributed by atoms with van der Waals surface area (Å²) in [7, 11) is 0. The molecule has 4 aliphatic rings. The summed E-state index contributed by atoms with van der Waals surface area (Å²) in [5, 5.41) is 3.78. The molecule has 4 fully saturated rings. The van der Waals surface area contributed by atoms with Crippen molar-refractivity contribution in [3.8, 4) is 0 Å². The van der Waals surface area contributed by atoms with Gasteiger partial charge in [-0.25, -0.2) is 0 Å². The molecule has 0 amide bonds. The van der Waals surface area contributed by atoms with Crippen LogP contribution in [0.3, 0.4) is 0 Å². The van der Waals surface area contributed by atoms with Gasteiger partial charge < -0.3 is 10.2 Å². The molecule has 1 saturated carbocycles. The van der Waals surface area contributed by atoms with E-state index in [1.165, 1.54) is 58.3 Å². The summed E-state index contributed by atoms with van der Waals surface area (Å²) in [5.41, 5.74) is 0. The first kappa shape index (κ1) is 9.17. The molecule has 1 aliphatic carbocycles. The summed E-state index contributed by atoms with van der Waals surface area (Å²) in [4.78, 5) is 2.63. The first-order valence-corrected chi connectivity index (χ1v) is 6.37. The Kier molecular flexibility index (Phi) is 2.50. The minimum atomic E-state index is 0.830. The minimum Gasteiger partial charge on any atom is -0.312 e. The third-order valence-electron chi connectivity index (χ3n) is 4.31. The first-order valence-electron chi connectivity index (χ1n) is 6.37. The third kappa shape index (κ3) is 1.96. The molecule has 0 aromatic rings. The maximum Gasteiger partial charge on any atom is 0.0224 e. The van der Waals surface area contributed by atoms with Crippen molar-refractivity contribution in [3.05, 3.63) is 0 Å². The van der Waals surface area contributed by atoms with Gasteiger partial charge >= 0.3 is 0 Å². The van der Waals surface area contributed by atoms with Crippen molar-refractivity contribution in [1.82, 2.24) is 10.2 Å². The fourth-order valence-corrected chi connectivity index (χ4v) is 3.08. The largest absolute Gasteiger partial charge is 0.312 e. The van der Waals surface area contributed by atoms with E-state index in [-0.39, 0.29) is 0 Å². The summed E-state index contributed by atoms with van der Waals surface area (Å²) in [6.45, 7) is 5.34. The topological polar surface area (TPSA) is 15.3 Å². The maximum atomic E-state index is 3.78. The van der Waals surface area contributed by atoms with Gasteiger partial charge in [0.05, 0.1) is 0 Å². The van der Waals surface area contributed by atoms with Gasteiger partial charge in [-0.15, -0.1) is 0 Å². The molecule has 0 radical (unpaired) electrons. The van der Waals surface area contributed by atoms with Crippen molar-refractivity contribution in [1.29, 1.82) is 0 Å². The molecule has 1 unspecified atom stereocenters. The van der Waals surface area contributed by atoms with E-state index in [1.807, 2.05) is 0 Å². The van der Waals surface area contributed by atoms with Gasteiger partial charge in [0, 0.05) is 12.6 Å². The van der Waals surface area contributed by atoms with Crippen LogP contribution in [0.4, 0.5) is 0 Å². The Morgan fingerprint density at radius 3 is 2.43 bits per heavy atom. The van der Waals surface area contributed by atoms with E-state index >= 15 is 0 Å². The lowest BCUT2D eigenvalue weighted by Gasteiger charge is -2.45. The van der Waals surface area contributed by atoms with Gasteiger partial charge in [0.2, 0.25) is 0 Å². The smallest absolute Gasteiger partial charge is 0.0224 e. The Morgan fingerprint density at radius 2 is 1.86 bits per heavy atom. The van der Waals surface area contributed by atoms with E-state index in [9.17, 15) is 0 Å². The first-order chi connectivity index (χ1) is 6.92. The van der Waals surface area contributed by atoms with Gasteiger partial charge in [-0.1, -0.05) is 12.8 Å². The highest BCUT2D eigenvalue weighted by Gasteiger charge is 2.33. The van der Waals surface area contributed by atoms with Crippen LogP contribution in [0.1, 0.15) is 32.1 Å². The van der Waals surface area contributed by atoms with Crippen molar-refractivity contribution in [3.63, 3.8) is 0 Å². The normalized spacial score (nSPS) is 41.6. The third-order valence-corrected chi connectivity index (χ3v) is 4.31. The number of piperidine rings is 3. The molecule has 2 heteroatoms. The van der Waals surface area contributed by atoms with E-state index < -0.39 is 0 Å². The van der Waals surface area contributed by atoms with Crippen LogP contribution in [0.2, 0.25) is 0 Å². The number of hydrogen-bond donors (Lipinski definition) is 1. The van der Waals surface area contributed by atoms with Crippen LogP contribution in [-0.4, -0.2) is 37.1 Å². The molecule has 14 heavy (non-hydrogen) atoms. The molecule has 2 nitrogen and oxygen atoms in total. The average Bonchev–Trinajstić information content (AvgIpc) is 3.04. The zero-order valence-electron chi connectivity index (χ0n) is 9.04. The highest BCUT2D eigenvalue weighted by atomic mass is 15.2. The lowest BCUT2D eigenvalue weighted by atomic mass is 9.84. The molecule has 0 spiro atoms. The van der Waals surface area contributed by atoms with Gasteiger partial charge in [-0.3, -0.25) is 0 Å². The molecule has 2 bridgehead atoms. The lowest BCUT2D eigenvalue weighted by Crippen LogP contribution is -2.56. The number of rotatable bonds is 4. The van der Waals surface area contributed by atoms with Crippen LogP contribution >= 0.6 is 0 Å². The Hall–Kier alpha value is -0.0800. The molecular formula is C12H22N2. The van der Waals surface area contributed by atoms with Crippen molar-refractivity contribution in [2.45, 2.75) is 38.1 Å². The summed E-state index contributed by atoms with van der Waals surface area (Å²) < 4.78 is 0. The van der Waals surface area contributed by atoms with Crippen LogP contribution in [0.5, 0.6) is 0 Å². The van der Waals surface area contributed by atoms with Gasteiger partial charge in [-0.2, -0.15) is 0 Å². The van der Waals surface area contributed by atoms with Crippen molar-refractivity contribution in [2.24, 2.45) is 11.8 Å². The predicted octanol–water partition coefficient (Wildman–Crippen LogP) is 1.47. The predicted molar refractivity (Wildman–Crippen MR) is 58.3 cm³/mol. The average molecular weight is 194 g/mol. The number of fused-ring (bicyclic) bond motifs is 3. The van der Waals surface area contributed by atoms with Crippen LogP contribution in [0.15, 0.2) is 0 Å². The second-order valence-corrected chi connectivity index (χ2v) is 5.43. The fourth-order valence-electron chi connectivity index (χ4n) is 3.08. The number of nitrogens with one attached hydrogen (secondary N) is 1. The monoisotopic (exact) mass is 194 g/mol. The molecule has 3 aliphatic heterocycles. The number of hydrogen-bond acceptors (Lipinski definition) is 2. The highest BCUT2D eigenvalue weighted by molar-refractivity contribution is 4.91. The standard InChI is InChI=1S/C12H22N2/c1-2-10(1)3-6-13-12-9-14-7-4-11(12)5-8-14/h10-13H,1-9H2. The van der Waals surface area contributed by atoms with Crippen molar-refractivity contribution < 1.29 is 0 Å². The van der Waals surface area contributed by atoms with Gasteiger partial charge in [0.15, 0.2) is 0 Å². The molecule has 0 aromatic carbocycles. The quantitative estimate of drug-likeness (QED) is 0.729. The Morgan fingerprint density at radius 1 is 1.07 bits per heavy atom. The minimum absolute atomic E-state index is 0.830. The van der Waals surface area contributed by atoms with Crippen LogP contribution in [-0.2, 0) is 0 Å². The summed E-state index contributed by atoms with van der Waals surface area (Å²) >= 11 is 0. The molecule has 4 rings (SSSR count).